The molecule has 0 aromatic heterocycles. The SMILES string of the molecule is Brc1ccc(SSSc2ccc(Br)cc2)cc1. The Morgan fingerprint density at radius 1 is 0.588 bits per heavy atom. The third-order valence-electron chi connectivity index (χ3n) is 1.89. The van der Waals surface area contributed by atoms with Crippen LogP contribution in [0.5, 0.6) is 0 Å². The second kappa shape index (κ2) is 7.14. The standard InChI is InChI=1S/C12H8Br2S3/c13-9-1-5-11(6-2-9)15-17-16-12-7-3-10(14)4-8-12/h1-8H. The smallest absolute Gasteiger partial charge is 0.0192 e. The first-order chi connectivity index (χ1) is 8.24. The van der Waals surface area contributed by atoms with E-state index in [2.05, 4.69) is 80.4 Å². The van der Waals surface area contributed by atoms with E-state index in [4.69, 9.17) is 0 Å². The van der Waals surface area contributed by atoms with Crippen LogP contribution in [0.1, 0.15) is 0 Å². The normalized spacial score (nSPS) is 10.5. The first kappa shape index (κ1) is 13.9. The fraction of sp³-hybridized carbons (Fsp3) is 0. The van der Waals surface area contributed by atoms with Crippen molar-refractivity contribution in [1.82, 2.24) is 0 Å². The average molecular weight is 408 g/mol. The van der Waals surface area contributed by atoms with E-state index < -0.39 is 0 Å². The Labute approximate surface area is 129 Å². The van der Waals surface area contributed by atoms with Gasteiger partial charge < -0.3 is 0 Å². The van der Waals surface area contributed by atoms with Crippen LogP contribution in [0.2, 0.25) is 0 Å². The summed E-state index contributed by atoms with van der Waals surface area (Å²) in [7, 11) is 5.32. The van der Waals surface area contributed by atoms with Gasteiger partial charge in [0.25, 0.3) is 0 Å². The Morgan fingerprint density at radius 2 is 0.941 bits per heavy atom. The molecule has 0 spiro atoms. The van der Waals surface area contributed by atoms with Crippen molar-refractivity contribution in [3.63, 3.8) is 0 Å². The topological polar surface area (TPSA) is 0 Å². The summed E-state index contributed by atoms with van der Waals surface area (Å²) in [6.07, 6.45) is 0. The molecule has 0 atom stereocenters. The maximum absolute atomic E-state index is 3.43. The Balaban J connectivity index is 1.83. The molecule has 2 rings (SSSR count). The van der Waals surface area contributed by atoms with Crippen molar-refractivity contribution in [3.8, 4) is 0 Å². The van der Waals surface area contributed by atoms with Gasteiger partial charge in [0.15, 0.2) is 0 Å². The fourth-order valence-corrected chi connectivity index (χ4v) is 5.25. The minimum atomic E-state index is 1.12. The fourth-order valence-electron chi connectivity index (χ4n) is 1.08. The first-order valence-electron chi connectivity index (χ1n) is 4.76. The van der Waals surface area contributed by atoms with Gasteiger partial charge in [0.05, 0.1) is 0 Å². The molecule has 0 bridgehead atoms. The largest absolute Gasteiger partial charge is 0.0508 e. The summed E-state index contributed by atoms with van der Waals surface area (Å²) >= 11 is 6.86. The van der Waals surface area contributed by atoms with Crippen LogP contribution < -0.4 is 0 Å². The maximum atomic E-state index is 3.43. The van der Waals surface area contributed by atoms with E-state index in [9.17, 15) is 0 Å². The molecule has 0 aliphatic rings. The van der Waals surface area contributed by atoms with Gasteiger partial charge in [0, 0.05) is 18.7 Å². The Kier molecular flexibility index (Phi) is 5.83. The molecule has 17 heavy (non-hydrogen) atoms. The average Bonchev–Trinajstić information content (AvgIpc) is 2.34. The van der Waals surface area contributed by atoms with Crippen LogP contribution in [-0.4, -0.2) is 0 Å². The quantitative estimate of drug-likeness (QED) is 0.520. The highest BCUT2D eigenvalue weighted by Gasteiger charge is 1.98. The zero-order chi connectivity index (χ0) is 12.1. The van der Waals surface area contributed by atoms with Gasteiger partial charge >= 0.3 is 0 Å². The van der Waals surface area contributed by atoms with Crippen molar-refractivity contribution < 1.29 is 0 Å². The van der Waals surface area contributed by atoms with Crippen LogP contribution in [0.25, 0.3) is 0 Å². The second-order valence-electron chi connectivity index (χ2n) is 3.14. The molecule has 0 heterocycles. The van der Waals surface area contributed by atoms with Gasteiger partial charge in [-0.2, -0.15) is 0 Å². The van der Waals surface area contributed by atoms with Gasteiger partial charge in [-0.1, -0.05) is 31.9 Å². The predicted octanol–water partition coefficient (Wildman–Crippen LogP) is 6.66. The molecule has 0 saturated heterocycles. The van der Waals surface area contributed by atoms with Crippen molar-refractivity contribution in [2.75, 3.05) is 0 Å². The Bertz CT molecular complexity index is 423. The van der Waals surface area contributed by atoms with Crippen LogP contribution in [0, 0.1) is 0 Å². The molecule has 0 aliphatic heterocycles. The molecular weight excluding hydrogens is 400 g/mol. The lowest BCUT2D eigenvalue weighted by molar-refractivity contribution is 1.45. The third kappa shape index (κ3) is 4.91. The summed E-state index contributed by atoms with van der Waals surface area (Å²) in [6.45, 7) is 0. The van der Waals surface area contributed by atoms with Crippen molar-refractivity contribution in [2.45, 2.75) is 9.79 Å². The number of benzene rings is 2. The van der Waals surface area contributed by atoms with E-state index in [0.717, 1.165) is 8.95 Å². The summed E-state index contributed by atoms with van der Waals surface area (Å²) < 4.78 is 2.24. The highest BCUT2D eigenvalue weighted by atomic mass is 79.9. The van der Waals surface area contributed by atoms with Crippen molar-refractivity contribution in [2.24, 2.45) is 0 Å². The molecule has 0 saturated carbocycles. The number of halogens is 2. The van der Waals surface area contributed by atoms with E-state index >= 15 is 0 Å². The van der Waals surface area contributed by atoms with E-state index in [1.165, 1.54) is 9.79 Å². The minimum absolute atomic E-state index is 1.12. The van der Waals surface area contributed by atoms with Crippen molar-refractivity contribution in [3.05, 3.63) is 57.5 Å². The molecular formula is C12H8Br2S3. The zero-order valence-electron chi connectivity index (χ0n) is 8.60. The Morgan fingerprint density at radius 3 is 1.29 bits per heavy atom. The summed E-state index contributed by atoms with van der Waals surface area (Å²) in [4.78, 5) is 2.53. The number of hydrogen-bond donors (Lipinski definition) is 0. The van der Waals surface area contributed by atoms with Crippen LogP contribution in [0.15, 0.2) is 67.3 Å². The molecule has 0 amide bonds. The lowest BCUT2D eigenvalue weighted by Crippen LogP contribution is -1.68. The summed E-state index contributed by atoms with van der Waals surface area (Å²) in [6, 6.07) is 16.7. The van der Waals surface area contributed by atoms with Crippen molar-refractivity contribution >= 4 is 63.3 Å². The summed E-state index contributed by atoms with van der Waals surface area (Å²) in [5, 5.41) is 0. The van der Waals surface area contributed by atoms with Crippen molar-refractivity contribution in [1.29, 1.82) is 0 Å². The highest BCUT2D eigenvalue weighted by molar-refractivity contribution is 9.11. The lowest BCUT2D eigenvalue weighted by Gasteiger charge is -2.01. The van der Waals surface area contributed by atoms with Gasteiger partial charge in [0.1, 0.15) is 0 Å². The van der Waals surface area contributed by atoms with Gasteiger partial charge in [-0.25, -0.2) is 0 Å². The molecule has 0 aliphatic carbocycles. The van der Waals surface area contributed by atoms with Crippen LogP contribution in [-0.2, 0) is 0 Å². The molecule has 0 fully saturated rings. The molecule has 0 radical (unpaired) electrons. The van der Waals surface area contributed by atoms with Crippen LogP contribution >= 0.6 is 63.3 Å². The number of hydrogen-bond acceptors (Lipinski definition) is 3. The molecule has 0 unspecified atom stereocenters. The predicted molar refractivity (Wildman–Crippen MR) is 87.6 cm³/mol. The molecule has 2 aromatic rings. The maximum Gasteiger partial charge on any atom is 0.0192 e. The first-order valence-corrected chi connectivity index (χ1v) is 9.83. The van der Waals surface area contributed by atoms with Gasteiger partial charge in [-0.05, 0) is 79.9 Å². The molecule has 5 heteroatoms. The monoisotopic (exact) mass is 406 g/mol. The zero-order valence-corrected chi connectivity index (χ0v) is 14.2. The van der Waals surface area contributed by atoms with E-state index in [1.807, 2.05) is 0 Å². The Hall–Kier alpha value is 0.450. The van der Waals surface area contributed by atoms with E-state index in [-0.39, 0.29) is 0 Å². The summed E-state index contributed by atoms with van der Waals surface area (Å²) in [5.74, 6) is 0. The van der Waals surface area contributed by atoms with E-state index in [0.29, 0.717) is 0 Å². The highest BCUT2D eigenvalue weighted by Crippen LogP contribution is 2.44. The lowest BCUT2D eigenvalue weighted by atomic mass is 10.4. The molecule has 0 nitrogen and oxygen atoms in total. The van der Waals surface area contributed by atoms with E-state index in [1.54, 1.807) is 31.4 Å². The van der Waals surface area contributed by atoms with Gasteiger partial charge in [-0.3, -0.25) is 0 Å². The summed E-state index contributed by atoms with van der Waals surface area (Å²) in [5.41, 5.74) is 0. The second-order valence-corrected chi connectivity index (χ2v) is 9.02. The molecule has 0 N–H and O–H groups in total. The van der Waals surface area contributed by atoms with Gasteiger partial charge in [-0.15, -0.1) is 0 Å². The van der Waals surface area contributed by atoms with Crippen LogP contribution in [0.4, 0.5) is 0 Å². The third-order valence-corrected chi connectivity index (χ3v) is 6.80. The molecule has 88 valence electrons. The minimum Gasteiger partial charge on any atom is -0.0508 e. The van der Waals surface area contributed by atoms with Gasteiger partial charge in [0.2, 0.25) is 0 Å². The number of rotatable bonds is 4. The molecule has 2 aromatic carbocycles. The van der Waals surface area contributed by atoms with Crippen LogP contribution in [0.3, 0.4) is 0 Å².